The molecule has 1 aromatic carbocycles. The molecule has 2 aromatic heterocycles. The molecule has 0 saturated carbocycles. The minimum absolute atomic E-state index is 0.0172. The van der Waals surface area contributed by atoms with Gasteiger partial charge in [-0.2, -0.15) is 0 Å². The van der Waals surface area contributed by atoms with E-state index in [0.717, 1.165) is 35.4 Å². The van der Waals surface area contributed by atoms with Crippen molar-refractivity contribution in [3.05, 3.63) is 62.5 Å². The zero-order chi connectivity index (χ0) is 16.5. The third kappa shape index (κ3) is 3.01. The van der Waals surface area contributed by atoms with E-state index in [1.165, 1.54) is 22.4 Å². The van der Waals surface area contributed by atoms with Gasteiger partial charge in [-0.25, -0.2) is 4.98 Å². The average molecular weight is 339 g/mol. The first-order valence-corrected chi connectivity index (χ1v) is 9.30. The number of nitrogens with one attached hydrogen (secondary N) is 2. The predicted molar refractivity (Wildman–Crippen MR) is 98.4 cm³/mol. The topological polar surface area (TPSA) is 57.8 Å². The minimum Gasteiger partial charge on any atom is -0.309 e. The van der Waals surface area contributed by atoms with Gasteiger partial charge in [-0.1, -0.05) is 37.3 Å². The average Bonchev–Trinajstić information content (AvgIpc) is 2.93. The zero-order valence-electron chi connectivity index (χ0n) is 13.8. The van der Waals surface area contributed by atoms with Crippen molar-refractivity contribution in [2.45, 2.75) is 39.3 Å². The number of hydrogen-bond donors (Lipinski definition) is 2. The number of H-pyrrole nitrogens is 1. The molecule has 4 nitrogen and oxygen atoms in total. The van der Waals surface area contributed by atoms with Crippen LogP contribution in [0.25, 0.3) is 10.2 Å². The van der Waals surface area contributed by atoms with E-state index in [9.17, 15) is 4.79 Å². The lowest BCUT2D eigenvalue weighted by Crippen LogP contribution is -2.19. The fourth-order valence-corrected chi connectivity index (χ4v) is 4.80. The van der Waals surface area contributed by atoms with Crippen molar-refractivity contribution in [3.63, 3.8) is 0 Å². The van der Waals surface area contributed by atoms with E-state index in [1.54, 1.807) is 11.3 Å². The van der Waals surface area contributed by atoms with Gasteiger partial charge in [0.1, 0.15) is 10.7 Å². The van der Waals surface area contributed by atoms with E-state index < -0.39 is 0 Å². The summed E-state index contributed by atoms with van der Waals surface area (Å²) < 4.78 is 0. The molecule has 1 aliphatic carbocycles. The Bertz CT molecular complexity index is 914. The van der Waals surface area contributed by atoms with Gasteiger partial charge in [-0.3, -0.25) is 4.79 Å². The lowest BCUT2D eigenvalue weighted by molar-refractivity contribution is 0.509. The molecule has 0 spiro atoms. The van der Waals surface area contributed by atoms with Crippen LogP contribution >= 0.6 is 11.3 Å². The summed E-state index contributed by atoms with van der Waals surface area (Å²) in [5, 5.41) is 4.18. The van der Waals surface area contributed by atoms with Crippen molar-refractivity contribution in [2.24, 2.45) is 5.92 Å². The lowest BCUT2D eigenvalue weighted by Gasteiger charge is -2.17. The van der Waals surface area contributed by atoms with Crippen LogP contribution in [0.4, 0.5) is 0 Å². The summed E-state index contributed by atoms with van der Waals surface area (Å²) in [7, 11) is 0. The molecule has 0 radical (unpaired) electrons. The number of hydrogen-bond acceptors (Lipinski definition) is 4. The molecule has 0 bridgehead atoms. The minimum atomic E-state index is 0.0172. The Hall–Kier alpha value is -1.98. The van der Waals surface area contributed by atoms with Crippen LogP contribution in [-0.2, 0) is 25.9 Å². The highest BCUT2D eigenvalue weighted by Crippen LogP contribution is 2.35. The standard InChI is InChI=1S/C19H21N3OS/c1-12-7-8-14-15(9-12)24-19-17(14)18(23)21-16(22-19)11-20-10-13-5-3-2-4-6-13/h2-6,12,20H,7-11H2,1H3,(H,21,22,23). The summed E-state index contributed by atoms with van der Waals surface area (Å²) in [6.45, 7) is 3.62. The Morgan fingerprint density at radius 1 is 1.29 bits per heavy atom. The second-order valence-corrected chi connectivity index (χ2v) is 7.72. The highest BCUT2D eigenvalue weighted by atomic mass is 32.1. The third-order valence-electron chi connectivity index (χ3n) is 4.68. The van der Waals surface area contributed by atoms with E-state index in [1.807, 2.05) is 18.2 Å². The Morgan fingerprint density at radius 3 is 2.96 bits per heavy atom. The van der Waals surface area contributed by atoms with Crippen LogP contribution in [0.1, 0.15) is 35.2 Å². The number of rotatable bonds is 4. The molecule has 124 valence electrons. The molecule has 2 N–H and O–H groups in total. The zero-order valence-corrected chi connectivity index (χ0v) is 14.6. The molecule has 1 aliphatic rings. The quantitative estimate of drug-likeness (QED) is 0.766. The second-order valence-electron chi connectivity index (χ2n) is 6.63. The smallest absolute Gasteiger partial charge is 0.259 e. The van der Waals surface area contributed by atoms with Crippen molar-refractivity contribution >= 4 is 21.6 Å². The van der Waals surface area contributed by atoms with Crippen molar-refractivity contribution in [1.82, 2.24) is 15.3 Å². The third-order valence-corrected chi connectivity index (χ3v) is 5.83. The van der Waals surface area contributed by atoms with E-state index in [2.05, 4.69) is 29.4 Å². The maximum Gasteiger partial charge on any atom is 0.259 e. The number of nitrogens with zero attached hydrogens (tertiary/aromatic N) is 1. The summed E-state index contributed by atoms with van der Waals surface area (Å²) in [6, 6.07) is 10.2. The van der Waals surface area contributed by atoms with E-state index in [-0.39, 0.29) is 5.56 Å². The van der Waals surface area contributed by atoms with Gasteiger partial charge in [0.2, 0.25) is 0 Å². The van der Waals surface area contributed by atoms with Crippen LogP contribution < -0.4 is 10.9 Å². The van der Waals surface area contributed by atoms with Crippen LogP contribution in [0, 0.1) is 5.92 Å². The highest BCUT2D eigenvalue weighted by Gasteiger charge is 2.22. The molecule has 0 amide bonds. The Kier molecular flexibility index (Phi) is 4.21. The summed E-state index contributed by atoms with van der Waals surface area (Å²) >= 11 is 1.70. The molecular weight excluding hydrogens is 318 g/mol. The van der Waals surface area contributed by atoms with E-state index >= 15 is 0 Å². The Labute approximate surface area is 145 Å². The largest absolute Gasteiger partial charge is 0.309 e. The molecule has 0 fully saturated rings. The summed E-state index contributed by atoms with van der Waals surface area (Å²) in [5.74, 6) is 1.42. The molecule has 0 saturated heterocycles. The number of aryl methyl sites for hydroxylation is 1. The molecule has 1 atom stereocenters. The number of fused-ring (bicyclic) bond motifs is 3. The van der Waals surface area contributed by atoms with Gasteiger partial charge >= 0.3 is 0 Å². The molecule has 0 aliphatic heterocycles. The van der Waals surface area contributed by atoms with Gasteiger partial charge in [0.05, 0.1) is 11.9 Å². The first-order valence-electron chi connectivity index (χ1n) is 8.49. The fraction of sp³-hybridized carbons (Fsp3) is 0.368. The van der Waals surface area contributed by atoms with Crippen LogP contribution in [0.15, 0.2) is 35.1 Å². The van der Waals surface area contributed by atoms with Gasteiger partial charge in [0.25, 0.3) is 5.56 Å². The molecule has 24 heavy (non-hydrogen) atoms. The van der Waals surface area contributed by atoms with Crippen molar-refractivity contribution < 1.29 is 0 Å². The van der Waals surface area contributed by atoms with Gasteiger partial charge in [-0.15, -0.1) is 11.3 Å². The molecule has 5 heteroatoms. The summed E-state index contributed by atoms with van der Waals surface area (Å²) in [5.41, 5.74) is 2.48. The molecule has 3 aromatic rings. The maximum atomic E-state index is 12.5. The van der Waals surface area contributed by atoms with Crippen LogP contribution in [0.5, 0.6) is 0 Å². The Balaban J connectivity index is 1.56. The first-order chi connectivity index (χ1) is 11.7. The number of benzene rings is 1. The normalized spacial score (nSPS) is 17.1. The van der Waals surface area contributed by atoms with Gasteiger partial charge < -0.3 is 10.3 Å². The van der Waals surface area contributed by atoms with Crippen molar-refractivity contribution in [2.75, 3.05) is 0 Å². The lowest BCUT2D eigenvalue weighted by atomic mass is 9.89. The summed E-state index contributed by atoms with van der Waals surface area (Å²) in [4.78, 5) is 22.4. The van der Waals surface area contributed by atoms with E-state index in [4.69, 9.17) is 4.98 Å². The molecule has 2 heterocycles. The van der Waals surface area contributed by atoms with Crippen LogP contribution in [0.2, 0.25) is 0 Å². The number of aromatic amines is 1. The monoisotopic (exact) mass is 339 g/mol. The molecule has 4 rings (SSSR count). The van der Waals surface area contributed by atoms with Crippen LogP contribution in [0.3, 0.4) is 0 Å². The second kappa shape index (κ2) is 6.49. The highest BCUT2D eigenvalue weighted by molar-refractivity contribution is 7.18. The SMILES string of the molecule is CC1CCc2c(sc3nc(CNCc4ccccc4)[nH]c(=O)c23)C1. The predicted octanol–water partition coefficient (Wildman–Crippen LogP) is 3.40. The molecular formula is C19H21N3OS. The first kappa shape index (κ1) is 15.5. The number of thiophene rings is 1. The van der Waals surface area contributed by atoms with Crippen molar-refractivity contribution in [3.8, 4) is 0 Å². The fourth-order valence-electron chi connectivity index (χ4n) is 3.40. The molecule has 1 unspecified atom stereocenters. The Morgan fingerprint density at radius 2 is 2.12 bits per heavy atom. The van der Waals surface area contributed by atoms with Gasteiger partial charge in [0.15, 0.2) is 0 Å². The van der Waals surface area contributed by atoms with Crippen molar-refractivity contribution in [1.29, 1.82) is 0 Å². The number of aromatic nitrogens is 2. The van der Waals surface area contributed by atoms with Crippen LogP contribution in [-0.4, -0.2) is 9.97 Å². The van der Waals surface area contributed by atoms with E-state index in [0.29, 0.717) is 12.5 Å². The van der Waals surface area contributed by atoms with Gasteiger partial charge in [-0.05, 0) is 36.3 Å². The van der Waals surface area contributed by atoms with Gasteiger partial charge in [0, 0.05) is 11.4 Å². The summed E-state index contributed by atoms with van der Waals surface area (Å²) in [6.07, 6.45) is 3.25. The maximum absolute atomic E-state index is 12.5.